The maximum absolute atomic E-state index is 7.37. The maximum Gasteiger partial charge on any atom is 0.264 e. The predicted molar refractivity (Wildman–Crippen MR) is 143 cm³/mol. The molecule has 0 aliphatic carbocycles. The van der Waals surface area contributed by atoms with Crippen LogP contribution >= 0.6 is 0 Å². The van der Waals surface area contributed by atoms with Gasteiger partial charge < -0.3 is 4.12 Å². The van der Waals surface area contributed by atoms with Crippen molar-refractivity contribution in [3.63, 3.8) is 0 Å². The van der Waals surface area contributed by atoms with Gasteiger partial charge in [0.25, 0.3) is 8.32 Å². The molecule has 0 fully saturated rings. The Morgan fingerprint density at radius 3 is 1.42 bits per heavy atom. The minimum absolute atomic E-state index is 0.0250. The largest absolute Gasteiger partial charge is 0.448 e. The number of hydrogen-bond donors (Lipinski definition) is 0. The van der Waals surface area contributed by atoms with Crippen molar-refractivity contribution < 1.29 is 4.12 Å². The van der Waals surface area contributed by atoms with Gasteiger partial charge in [-0.25, -0.2) is 0 Å². The Bertz CT molecular complexity index is 985. The van der Waals surface area contributed by atoms with Gasteiger partial charge in [0, 0.05) is 0 Å². The van der Waals surface area contributed by atoms with E-state index < -0.39 is 24.7 Å². The van der Waals surface area contributed by atoms with Crippen LogP contribution in [0, 0.1) is 11.5 Å². The Kier molecular flexibility index (Phi) is 7.23. The lowest BCUT2D eigenvalue weighted by molar-refractivity contribution is 0.556. The van der Waals surface area contributed by atoms with Crippen LogP contribution in [0.2, 0.25) is 39.3 Å². The van der Waals surface area contributed by atoms with E-state index in [2.05, 4.69) is 142 Å². The first-order valence-electron chi connectivity index (χ1n) is 11.0. The van der Waals surface area contributed by atoms with Crippen molar-refractivity contribution in [3.05, 3.63) is 96.6 Å². The molecule has 4 heteroatoms. The summed E-state index contributed by atoms with van der Waals surface area (Å²) in [5.41, 5.74) is 4.99. The van der Waals surface area contributed by atoms with Crippen molar-refractivity contribution >= 4 is 35.1 Å². The standard InChI is InChI=1S/C27H34OSi3/c1-29(2,3)23-22-27(24-16-10-7-11-17-24)31(28-30(4,5)6,25-18-12-8-13-19-25)26-20-14-9-15-21-26/h7-21,27H,1-6H3/t27-/m1/s1. The van der Waals surface area contributed by atoms with E-state index in [1.165, 1.54) is 15.9 Å². The van der Waals surface area contributed by atoms with Gasteiger partial charge in [-0.05, 0) is 35.6 Å². The van der Waals surface area contributed by atoms with Crippen LogP contribution in [0.25, 0.3) is 0 Å². The molecule has 0 amide bonds. The summed E-state index contributed by atoms with van der Waals surface area (Å²) in [7, 11) is -6.24. The highest BCUT2D eigenvalue weighted by Crippen LogP contribution is 2.31. The minimum atomic E-state index is -2.74. The fourth-order valence-electron chi connectivity index (χ4n) is 3.89. The molecule has 31 heavy (non-hydrogen) atoms. The molecule has 0 aromatic heterocycles. The van der Waals surface area contributed by atoms with Crippen LogP contribution in [-0.2, 0) is 4.12 Å². The monoisotopic (exact) mass is 458 g/mol. The summed E-state index contributed by atoms with van der Waals surface area (Å²) >= 11 is 0. The lowest BCUT2D eigenvalue weighted by Crippen LogP contribution is -2.68. The average molecular weight is 459 g/mol. The molecule has 0 saturated carbocycles. The summed E-state index contributed by atoms with van der Waals surface area (Å²) in [4.78, 5) is 0. The Labute approximate surface area is 191 Å². The molecule has 0 spiro atoms. The van der Waals surface area contributed by atoms with Crippen LogP contribution in [0.5, 0.6) is 0 Å². The highest BCUT2D eigenvalue weighted by atomic mass is 28.4. The number of rotatable bonds is 6. The number of benzene rings is 3. The lowest BCUT2D eigenvalue weighted by atomic mass is 10.1. The van der Waals surface area contributed by atoms with Gasteiger partial charge in [-0.1, -0.05) is 111 Å². The quantitative estimate of drug-likeness (QED) is 0.335. The molecule has 3 aromatic carbocycles. The third-order valence-corrected chi connectivity index (χ3v) is 13.3. The Balaban J connectivity index is 2.41. The van der Waals surface area contributed by atoms with Crippen molar-refractivity contribution in [1.29, 1.82) is 0 Å². The zero-order valence-electron chi connectivity index (χ0n) is 19.6. The molecule has 3 rings (SSSR count). The number of hydrogen-bond acceptors (Lipinski definition) is 1. The topological polar surface area (TPSA) is 9.23 Å². The summed E-state index contributed by atoms with van der Waals surface area (Å²) in [6, 6.07) is 32.6. The highest BCUT2D eigenvalue weighted by molar-refractivity contribution is 7.03. The summed E-state index contributed by atoms with van der Waals surface area (Å²) in [5, 5.41) is 2.59. The SMILES string of the molecule is C[Si](C)(C)C#C[C@H](c1ccccc1)[Si](O[Si](C)(C)C)(c1ccccc1)c1ccccc1. The second kappa shape index (κ2) is 9.54. The molecule has 0 heterocycles. The molecular formula is C27H34OSi3. The van der Waals surface area contributed by atoms with E-state index in [1.54, 1.807) is 0 Å². The van der Waals surface area contributed by atoms with Crippen LogP contribution in [0.4, 0.5) is 0 Å². The van der Waals surface area contributed by atoms with E-state index in [-0.39, 0.29) is 5.54 Å². The molecule has 1 nitrogen and oxygen atoms in total. The van der Waals surface area contributed by atoms with Crippen LogP contribution in [0.15, 0.2) is 91.0 Å². The third-order valence-electron chi connectivity index (χ3n) is 5.00. The zero-order chi connectivity index (χ0) is 22.5. The van der Waals surface area contributed by atoms with E-state index in [9.17, 15) is 0 Å². The summed E-state index contributed by atoms with van der Waals surface area (Å²) < 4.78 is 7.37. The van der Waals surface area contributed by atoms with Crippen molar-refractivity contribution in [3.8, 4) is 11.5 Å². The van der Waals surface area contributed by atoms with Crippen LogP contribution < -0.4 is 10.4 Å². The van der Waals surface area contributed by atoms with Gasteiger partial charge in [0.2, 0.25) is 0 Å². The minimum Gasteiger partial charge on any atom is -0.448 e. The first-order chi connectivity index (χ1) is 14.6. The molecular weight excluding hydrogens is 425 g/mol. The van der Waals surface area contributed by atoms with E-state index in [1.807, 2.05) is 0 Å². The van der Waals surface area contributed by atoms with Gasteiger partial charge in [0.05, 0.1) is 5.54 Å². The normalized spacial score (nSPS) is 13.2. The van der Waals surface area contributed by atoms with E-state index in [0.717, 1.165) is 0 Å². The second-order valence-electron chi connectivity index (χ2n) is 10.0. The van der Waals surface area contributed by atoms with Gasteiger partial charge in [-0.2, -0.15) is 0 Å². The molecule has 0 unspecified atom stereocenters. The Hall–Kier alpha value is -2.17. The Morgan fingerprint density at radius 1 is 0.613 bits per heavy atom. The van der Waals surface area contributed by atoms with E-state index >= 15 is 0 Å². The molecule has 0 bridgehead atoms. The molecule has 0 N–H and O–H groups in total. The fourth-order valence-corrected chi connectivity index (χ4v) is 13.2. The van der Waals surface area contributed by atoms with Gasteiger partial charge in [-0.15, -0.1) is 11.5 Å². The van der Waals surface area contributed by atoms with Crippen LogP contribution in [0.3, 0.4) is 0 Å². The zero-order valence-corrected chi connectivity index (χ0v) is 22.6. The van der Waals surface area contributed by atoms with Crippen LogP contribution in [0.1, 0.15) is 11.1 Å². The smallest absolute Gasteiger partial charge is 0.264 e. The van der Waals surface area contributed by atoms with Gasteiger partial charge in [0.15, 0.2) is 8.32 Å². The third kappa shape index (κ3) is 5.96. The summed E-state index contributed by atoms with van der Waals surface area (Å²) in [6.07, 6.45) is 0. The van der Waals surface area contributed by atoms with E-state index in [0.29, 0.717) is 0 Å². The highest BCUT2D eigenvalue weighted by Gasteiger charge is 2.49. The fraction of sp³-hybridized carbons (Fsp3) is 0.259. The van der Waals surface area contributed by atoms with Crippen molar-refractivity contribution in [2.75, 3.05) is 0 Å². The predicted octanol–water partition coefficient (Wildman–Crippen LogP) is 5.80. The molecule has 0 aliphatic rings. The van der Waals surface area contributed by atoms with Crippen molar-refractivity contribution in [1.82, 2.24) is 0 Å². The molecule has 0 radical (unpaired) electrons. The average Bonchev–Trinajstić information content (AvgIpc) is 2.73. The van der Waals surface area contributed by atoms with Crippen molar-refractivity contribution in [2.24, 2.45) is 0 Å². The molecule has 1 atom stereocenters. The molecule has 0 aliphatic heterocycles. The van der Waals surface area contributed by atoms with E-state index in [4.69, 9.17) is 4.12 Å². The lowest BCUT2D eigenvalue weighted by Gasteiger charge is -2.42. The van der Waals surface area contributed by atoms with Gasteiger partial charge in [-0.3, -0.25) is 0 Å². The first-order valence-corrected chi connectivity index (χ1v) is 19.9. The molecule has 3 aromatic rings. The van der Waals surface area contributed by atoms with Crippen molar-refractivity contribution in [2.45, 2.75) is 44.8 Å². The van der Waals surface area contributed by atoms with Gasteiger partial charge >= 0.3 is 0 Å². The summed E-state index contributed by atoms with van der Waals surface area (Å²) in [5.74, 6) is 3.81. The maximum atomic E-state index is 7.37. The molecule has 0 saturated heterocycles. The summed E-state index contributed by atoms with van der Waals surface area (Å²) in [6.45, 7) is 13.8. The first kappa shape index (κ1) is 23.5. The second-order valence-corrected chi connectivity index (χ2v) is 23.0. The Morgan fingerprint density at radius 2 is 1.03 bits per heavy atom. The van der Waals surface area contributed by atoms with Gasteiger partial charge in [0.1, 0.15) is 8.07 Å². The van der Waals surface area contributed by atoms with Crippen LogP contribution in [-0.4, -0.2) is 24.7 Å². The molecule has 160 valence electrons.